The van der Waals surface area contributed by atoms with E-state index < -0.39 is 11.9 Å². The van der Waals surface area contributed by atoms with Crippen LogP contribution in [0.25, 0.3) is 11.0 Å². The van der Waals surface area contributed by atoms with E-state index in [2.05, 4.69) is 0 Å². The zero-order chi connectivity index (χ0) is 16.0. The van der Waals surface area contributed by atoms with E-state index >= 15 is 0 Å². The molecule has 0 bridgehead atoms. The van der Waals surface area contributed by atoms with Crippen molar-refractivity contribution in [3.63, 3.8) is 0 Å². The number of para-hydroxylation sites is 2. The van der Waals surface area contributed by atoms with E-state index in [0.717, 1.165) is 5.39 Å². The summed E-state index contributed by atoms with van der Waals surface area (Å²) in [6, 6.07) is 16.2. The molecule has 0 saturated heterocycles. The minimum atomic E-state index is -0.933. The van der Waals surface area contributed by atoms with Gasteiger partial charge in [-0.2, -0.15) is 0 Å². The predicted octanol–water partition coefficient (Wildman–Crippen LogP) is 3.26. The third kappa shape index (κ3) is 2.09. The molecule has 1 atom stereocenters. The van der Waals surface area contributed by atoms with E-state index in [1.165, 1.54) is 4.90 Å². The van der Waals surface area contributed by atoms with Crippen LogP contribution in [0.3, 0.4) is 0 Å². The van der Waals surface area contributed by atoms with Crippen LogP contribution in [0, 0.1) is 0 Å². The molecule has 1 aliphatic rings. The fourth-order valence-corrected chi connectivity index (χ4v) is 3.03. The van der Waals surface area contributed by atoms with E-state index in [-0.39, 0.29) is 18.2 Å². The smallest absolute Gasteiger partial charge is 0.312 e. The van der Waals surface area contributed by atoms with Crippen LogP contribution in [0.1, 0.15) is 22.0 Å². The van der Waals surface area contributed by atoms with Gasteiger partial charge < -0.3 is 14.4 Å². The molecule has 5 heteroatoms. The van der Waals surface area contributed by atoms with Crippen LogP contribution in [0.4, 0.5) is 5.69 Å². The number of hydrogen-bond acceptors (Lipinski definition) is 3. The van der Waals surface area contributed by atoms with Gasteiger partial charge in [-0.25, -0.2) is 0 Å². The van der Waals surface area contributed by atoms with E-state index in [0.29, 0.717) is 16.8 Å². The Hall–Kier alpha value is -3.08. The largest absolute Gasteiger partial charge is 0.481 e. The first-order chi connectivity index (χ1) is 11.1. The van der Waals surface area contributed by atoms with Crippen molar-refractivity contribution in [2.24, 2.45) is 0 Å². The van der Waals surface area contributed by atoms with Crippen molar-refractivity contribution < 1.29 is 19.1 Å². The van der Waals surface area contributed by atoms with Gasteiger partial charge in [-0.1, -0.05) is 36.4 Å². The van der Waals surface area contributed by atoms with Gasteiger partial charge in [-0.05, 0) is 23.8 Å². The third-order valence-corrected chi connectivity index (χ3v) is 4.15. The molecular weight excluding hydrogens is 294 g/mol. The van der Waals surface area contributed by atoms with Crippen molar-refractivity contribution in [1.29, 1.82) is 0 Å². The Kier molecular flexibility index (Phi) is 2.94. The van der Waals surface area contributed by atoms with Gasteiger partial charge in [0.05, 0.1) is 0 Å². The number of anilines is 1. The van der Waals surface area contributed by atoms with Gasteiger partial charge in [0.1, 0.15) is 11.5 Å². The summed E-state index contributed by atoms with van der Waals surface area (Å²) < 4.78 is 5.61. The molecule has 1 aromatic heterocycles. The van der Waals surface area contributed by atoms with Crippen LogP contribution in [0.5, 0.6) is 0 Å². The SMILES string of the molecule is O=C(O)[C@H]1CN(C(=O)c2cc3ccccc3o2)c2ccccc21. The molecule has 1 aliphatic heterocycles. The summed E-state index contributed by atoms with van der Waals surface area (Å²) in [5, 5.41) is 10.2. The monoisotopic (exact) mass is 307 g/mol. The summed E-state index contributed by atoms with van der Waals surface area (Å²) in [6.07, 6.45) is 0. The normalized spacial score (nSPS) is 16.5. The number of carbonyl (C=O) groups is 2. The highest BCUT2D eigenvalue weighted by atomic mass is 16.4. The molecule has 1 N–H and O–H groups in total. The second kappa shape index (κ2) is 4.98. The zero-order valence-electron chi connectivity index (χ0n) is 12.1. The molecule has 0 radical (unpaired) electrons. The summed E-state index contributed by atoms with van der Waals surface area (Å²) in [7, 11) is 0. The number of amides is 1. The van der Waals surface area contributed by atoms with Crippen LogP contribution in [0.2, 0.25) is 0 Å². The molecule has 23 heavy (non-hydrogen) atoms. The van der Waals surface area contributed by atoms with Crippen LogP contribution in [0.15, 0.2) is 59.0 Å². The third-order valence-electron chi connectivity index (χ3n) is 4.15. The number of rotatable bonds is 2. The molecule has 0 spiro atoms. The number of carbonyl (C=O) groups excluding carboxylic acids is 1. The van der Waals surface area contributed by atoms with E-state index in [4.69, 9.17) is 4.42 Å². The van der Waals surface area contributed by atoms with Crippen LogP contribution in [-0.2, 0) is 4.79 Å². The maximum absolute atomic E-state index is 12.8. The molecule has 0 fully saturated rings. The molecule has 5 nitrogen and oxygen atoms in total. The van der Waals surface area contributed by atoms with Crippen LogP contribution < -0.4 is 4.90 Å². The maximum Gasteiger partial charge on any atom is 0.312 e. The second-order valence-corrected chi connectivity index (χ2v) is 5.51. The number of aliphatic carboxylic acids is 1. The summed E-state index contributed by atoms with van der Waals surface area (Å²) in [6.45, 7) is 0.116. The van der Waals surface area contributed by atoms with Crippen LogP contribution >= 0.6 is 0 Å². The Morgan fingerprint density at radius 1 is 1.09 bits per heavy atom. The molecule has 2 aromatic carbocycles. The maximum atomic E-state index is 12.8. The highest BCUT2D eigenvalue weighted by Crippen LogP contribution is 2.37. The summed E-state index contributed by atoms with van der Waals surface area (Å²) in [5.74, 6) is -1.75. The fourth-order valence-electron chi connectivity index (χ4n) is 3.03. The lowest BCUT2D eigenvalue weighted by atomic mass is 10.0. The van der Waals surface area contributed by atoms with Gasteiger partial charge in [0.25, 0.3) is 5.91 Å². The molecule has 0 aliphatic carbocycles. The lowest BCUT2D eigenvalue weighted by molar-refractivity contribution is -0.138. The van der Waals surface area contributed by atoms with E-state index in [1.807, 2.05) is 18.2 Å². The zero-order valence-corrected chi connectivity index (χ0v) is 12.1. The lowest BCUT2D eigenvalue weighted by Gasteiger charge is -2.15. The molecule has 3 aromatic rings. The van der Waals surface area contributed by atoms with Crippen LogP contribution in [-0.4, -0.2) is 23.5 Å². The minimum Gasteiger partial charge on any atom is -0.481 e. The molecule has 4 rings (SSSR count). The standard InChI is InChI=1S/C18H13NO4/c20-17(16-9-11-5-1-4-8-15(11)23-16)19-10-13(18(21)22)12-6-2-3-7-14(12)19/h1-9,13H,10H2,(H,21,22)/t13-/m0/s1. The van der Waals surface area contributed by atoms with E-state index in [1.54, 1.807) is 36.4 Å². The quantitative estimate of drug-likeness (QED) is 0.789. The summed E-state index contributed by atoms with van der Waals surface area (Å²) in [5.41, 5.74) is 1.92. The van der Waals surface area contributed by atoms with Crippen molar-refractivity contribution >= 4 is 28.5 Å². The van der Waals surface area contributed by atoms with Gasteiger partial charge in [0.2, 0.25) is 0 Å². The number of fused-ring (bicyclic) bond motifs is 2. The Bertz CT molecular complexity index is 894. The summed E-state index contributed by atoms with van der Waals surface area (Å²) >= 11 is 0. The first kappa shape index (κ1) is 13.6. The van der Waals surface area contributed by atoms with Gasteiger partial charge in [0, 0.05) is 17.6 Å². The fraction of sp³-hybridized carbons (Fsp3) is 0.111. The van der Waals surface area contributed by atoms with Crippen molar-refractivity contribution in [2.45, 2.75) is 5.92 Å². The average Bonchev–Trinajstić information content (AvgIpc) is 3.16. The number of nitrogens with zero attached hydrogens (tertiary/aromatic N) is 1. The Morgan fingerprint density at radius 2 is 1.83 bits per heavy atom. The Balaban J connectivity index is 1.75. The first-order valence-electron chi connectivity index (χ1n) is 7.27. The van der Waals surface area contributed by atoms with Crippen molar-refractivity contribution in [2.75, 3.05) is 11.4 Å². The highest BCUT2D eigenvalue weighted by molar-refractivity contribution is 6.08. The predicted molar refractivity (Wildman–Crippen MR) is 84.7 cm³/mol. The van der Waals surface area contributed by atoms with Crippen molar-refractivity contribution in [3.05, 3.63) is 65.9 Å². The van der Waals surface area contributed by atoms with E-state index in [9.17, 15) is 14.7 Å². The number of benzene rings is 2. The Morgan fingerprint density at radius 3 is 2.61 bits per heavy atom. The topological polar surface area (TPSA) is 70.8 Å². The minimum absolute atomic E-state index is 0.116. The average molecular weight is 307 g/mol. The first-order valence-corrected chi connectivity index (χ1v) is 7.27. The summed E-state index contributed by atoms with van der Waals surface area (Å²) in [4.78, 5) is 25.7. The number of furan rings is 1. The highest BCUT2D eigenvalue weighted by Gasteiger charge is 2.37. The number of carboxylic acids is 1. The van der Waals surface area contributed by atoms with Gasteiger partial charge >= 0.3 is 5.97 Å². The van der Waals surface area contributed by atoms with Crippen molar-refractivity contribution in [1.82, 2.24) is 0 Å². The molecular formula is C18H13NO4. The van der Waals surface area contributed by atoms with Gasteiger partial charge in [-0.3, -0.25) is 9.59 Å². The lowest BCUT2D eigenvalue weighted by Crippen LogP contribution is -2.30. The van der Waals surface area contributed by atoms with Gasteiger partial charge in [0.15, 0.2) is 5.76 Å². The van der Waals surface area contributed by atoms with Gasteiger partial charge in [-0.15, -0.1) is 0 Å². The molecule has 0 unspecified atom stereocenters. The van der Waals surface area contributed by atoms with Crippen molar-refractivity contribution in [3.8, 4) is 0 Å². The molecule has 0 saturated carbocycles. The molecule has 114 valence electrons. The molecule has 2 heterocycles. The number of carboxylic acid groups (broad SMARTS) is 1. The number of hydrogen-bond donors (Lipinski definition) is 1. The molecule has 1 amide bonds. The second-order valence-electron chi connectivity index (χ2n) is 5.51. The Labute approximate surface area is 131 Å².